The number of thioether (sulfide) groups is 1. The average molecular weight is 473 g/mol. The highest BCUT2D eigenvalue weighted by molar-refractivity contribution is 8.26. The third-order valence-electron chi connectivity index (χ3n) is 4.80. The zero-order valence-electron chi connectivity index (χ0n) is 15.6. The molecule has 0 aromatic heterocycles. The molecule has 1 atom stereocenters. The lowest BCUT2D eigenvalue weighted by Gasteiger charge is -2.21. The highest BCUT2D eigenvalue weighted by atomic mass is 35.5. The summed E-state index contributed by atoms with van der Waals surface area (Å²) in [6, 6.07) is 11.2. The van der Waals surface area contributed by atoms with Crippen molar-refractivity contribution in [3.8, 4) is 0 Å². The zero-order chi connectivity index (χ0) is 22.3. The third-order valence-corrected chi connectivity index (χ3v) is 6.38. The van der Waals surface area contributed by atoms with Gasteiger partial charge in [0.15, 0.2) is 0 Å². The molecule has 1 unspecified atom stereocenters. The molecule has 2 aromatic carbocycles. The molecular weight excluding hydrogens is 460 g/mol. The molecule has 7 nitrogen and oxygen atoms in total. The summed E-state index contributed by atoms with van der Waals surface area (Å²) in [6.07, 6.45) is 1.44. The number of carbonyl (C=O) groups excluding carboxylic acids is 3. The van der Waals surface area contributed by atoms with Crippen molar-refractivity contribution in [2.75, 3.05) is 4.90 Å². The number of halogens is 1. The van der Waals surface area contributed by atoms with Gasteiger partial charge in [0.2, 0.25) is 5.91 Å². The smallest absolute Gasteiger partial charge is 0.335 e. The number of hydrogen-bond acceptors (Lipinski definition) is 6. The van der Waals surface area contributed by atoms with Crippen LogP contribution in [0.1, 0.15) is 22.3 Å². The van der Waals surface area contributed by atoms with Crippen LogP contribution in [-0.2, 0) is 14.4 Å². The van der Waals surface area contributed by atoms with Crippen molar-refractivity contribution < 1.29 is 24.3 Å². The maximum atomic E-state index is 13.0. The van der Waals surface area contributed by atoms with Gasteiger partial charge >= 0.3 is 5.97 Å². The van der Waals surface area contributed by atoms with Crippen LogP contribution in [0.4, 0.5) is 5.69 Å². The fourth-order valence-corrected chi connectivity index (χ4v) is 4.78. The zero-order valence-corrected chi connectivity index (χ0v) is 18.0. The molecule has 0 spiro atoms. The summed E-state index contributed by atoms with van der Waals surface area (Å²) in [5.41, 5.74) is 1.02. The number of hydrogen-bond donors (Lipinski definition) is 1. The Morgan fingerprint density at radius 3 is 2.35 bits per heavy atom. The number of imide groups is 1. The molecule has 3 amide bonds. The van der Waals surface area contributed by atoms with Crippen molar-refractivity contribution in [1.82, 2.24) is 4.90 Å². The Hall–Kier alpha value is -3.01. The Morgan fingerprint density at radius 2 is 1.74 bits per heavy atom. The fourth-order valence-electron chi connectivity index (χ4n) is 3.30. The summed E-state index contributed by atoms with van der Waals surface area (Å²) in [5, 5.41) is 9.58. The van der Waals surface area contributed by atoms with Gasteiger partial charge < -0.3 is 5.11 Å². The highest BCUT2D eigenvalue weighted by Gasteiger charge is 2.48. The van der Waals surface area contributed by atoms with E-state index < -0.39 is 29.7 Å². The van der Waals surface area contributed by atoms with E-state index in [1.54, 1.807) is 30.3 Å². The van der Waals surface area contributed by atoms with Crippen LogP contribution in [0, 0.1) is 0 Å². The molecule has 0 bridgehead atoms. The molecule has 1 N–H and O–H groups in total. The normalized spacial score (nSPS) is 20.3. The van der Waals surface area contributed by atoms with E-state index in [-0.39, 0.29) is 22.0 Å². The number of thiocarbonyl (C=S) groups is 1. The summed E-state index contributed by atoms with van der Waals surface area (Å²) in [6.45, 7) is 0. The molecule has 4 rings (SSSR count). The number of carboxylic acid groups (broad SMARTS) is 1. The molecule has 2 aliphatic heterocycles. The van der Waals surface area contributed by atoms with Crippen LogP contribution in [0.5, 0.6) is 0 Å². The molecule has 10 heteroatoms. The van der Waals surface area contributed by atoms with Crippen molar-refractivity contribution in [2.45, 2.75) is 12.5 Å². The van der Waals surface area contributed by atoms with Gasteiger partial charge in [0.05, 0.1) is 22.6 Å². The van der Waals surface area contributed by atoms with E-state index in [0.717, 1.165) is 22.2 Å². The van der Waals surface area contributed by atoms with Gasteiger partial charge in [-0.25, -0.2) is 9.69 Å². The van der Waals surface area contributed by atoms with Gasteiger partial charge in [-0.15, -0.1) is 0 Å². The first-order chi connectivity index (χ1) is 14.8. The number of carboxylic acids is 1. The second-order valence-electron chi connectivity index (χ2n) is 6.74. The van der Waals surface area contributed by atoms with Crippen molar-refractivity contribution in [1.29, 1.82) is 0 Å². The van der Waals surface area contributed by atoms with Crippen molar-refractivity contribution >= 4 is 75.4 Å². The lowest BCUT2D eigenvalue weighted by molar-refractivity contribution is -0.129. The van der Waals surface area contributed by atoms with E-state index in [0.29, 0.717) is 9.93 Å². The van der Waals surface area contributed by atoms with E-state index in [1.165, 1.54) is 29.2 Å². The fraction of sp³-hybridized carbons (Fsp3) is 0.0952. The summed E-state index contributed by atoms with van der Waals surface area (Å²) >= 11 is 12.3. The molecule has 31 heavy (non-hydrogen) atoms. The number of nitrogens with zero attached hydrogens (tertiary/aromatic N) is 2. The standard InChI is InChI=1S/C21H13ClN2O5S2/c22-13-5-1-11(2-6-13)9-16-19(27)24(21(30)31-16)15-10-17(25)23(18(15)26)14-7-3-12(4-8-14)20(28)29/h1-9,15H,10H2,(H,28,29)/b16-9-. The van der Waals surface area contributed by atoms with Crippen LogP contribution >= 0.6 is 35.6 Å². The first kappa shape index (κ1) is 21.2. The van der Waals surface area contributed by atoms with Gasteiger partial charge in [-0.1, -0.05) is 47.7 Å². The highest BCUT2D eigenvalue weighted by Crippen LogP contribution is 2.37. The second kappa shape index (κ2) is 8.26. The number of carbonyl (C=O) groups is 4. The van der Waals surface area contributed by atoms with Crippen LogP contribution in [-0.4, -0.2) is 44.1 Å². The quantitative estimate of drug-likeness (QED) is 0.413. The van der Waals surface area contributed by atoms with E-state index in [2.05, 4.69) is 0 Å². The molecule has 156 valence electrons. The maximum Gasteiger partial charge on any atom is 0.335 e. The van der Waals surface area contributed by atoms with E-state index >= 15 is 0 Å². The second-order valence-corrected chi connectivity index (χ2v) is 8.85. The van der Waals surface area contributed by atoms with Crippen LogP contribution in [0.3, 0.4) is 0 Å². The topological polar surface area (TPSA) is 95.0 Å². The van der Waals surface area contributed by atoms with Crippen LogP contribution in [0.15, 0.2) is 53.4 Å². The molecule has 0 radical (unpaired) electrons. The minimum atomic E-state index is -1.12. The molecule has 0 saturated carbocycles. The predicted molar refractivity (Wildman–Crippen MR) is 121 cm³/mol. The number of amides is 3. The van der Waals surface area contributed by atoms with Crippen LogP contribution < -0.4 is 4.90 Å². The van der Waals surface area contributed by atoms with Crippen molar-refractivity contribution in [3.63, 3.8) is 0 Å². The van der Waals surface area contributed by atoms with Crippen LogP contribution in [0.2, 0.25) is 5.02 Å². The molecule has 2 aliphatic rings. The summed E-state index contributed by atoms with van der Waals surface area (Å²) < 4.78 is 0.194. The monoisotopic (exact) mass is 472 g/mol. The summed E-state index contributed by atoms with van der Waals surface area (Å²) in [5.74, 6) is -2.64. The van der Waals surface area contributed by atoms with Gasteiger partial charge in [-0.05, 0) is 48.0 Å². The molecule has 2 saturated heterocycles. The lowest BCUT2D eigenvalue weighted by Crippen LogP contribution is -2.44. The molecular formula is C21H13ClN2O5S2. The average Bonchev–Trinajstić information content (AvgIpc) is 3.17. The SMILES string of the molecule is O=C(O)c1ccc(N2C(=O)CC(N3C(=O)/C(=C/c4ccc(Cl)cc4)SC3=S)C2=O)cc1. The number of aromatic carboxylic acids is 1. The third kappa shape index (κ3) is 3.99. The van der Waals surface area contributed by atoms with Crippen molar-refractivity contribution in [3.05, 3.63) is 69.6 Å². The Kier molecular flexibility index (Phi) is 5.65. The molecule has 2 heterocycles. The first-order valence-corrected chi connectivity index (χ1v) is 10.6. The molecule has 2 aromatic rings. The predicted octanol–water partition coefficient (Wildman–Crippen LogP) is 3.57. The van der Waals surface area contributed by atoms with E-state index in [1.807, 2.05) is 0 Å². The minimum absolute atomic E-state index is 0.0312. The maximum absolute atomic E-state index is 13.0. The molecule has 0 aliphatic carbocycles. The largest absolute Gasteiger partial charge is 0.478 e. The van der Waals surface area contributed by atoms with Gasteiger partial charge in [0.25, 0.3) is 11.8 Å². The van der Waals surface area contributed by atoms with Gasteiger partial charge in [-0.2, -0.15) is 0 Å². The number of benzene rings is 2. The minimum Gasteiger partial charge on any atom is -0.478 e. The first-order valence-electron chi connectivity index (χ1n) is 8.99. The van der Waals surface area contributed by atoms with Crippen LogP contribution in [0.25, 0.3) is 6.08 Å². The lowest BCUT2D eigenvalue weighted by atomic mass is 10.2. The Morgan fingerprint density at radius 1 is 1.10 bits per heavy atom. The number of anilines is 1. The Bertz CT molecular complexity index is 1160. The van der Waals surface area contributed by atoms with E-state index in [9.17, 15) is 19.2 Å². The van der Waals surface area contributed by atoms with Crippen molar-refractivity contribution in [2.24, 2.45) is 0 Å². The Balaban J connectivity index is 1.58. The van der Waals surface area contributed by atoms with Gasteiger partial charge in [0, 0.05) is 5.02 Å². The van der Waals surface area contributed by atoms with Gasteiger partial charge in [-0.3, -0.25) is 19.3 Å². The molecule has 2 fully saturated rings. The number of rotatable bonds is 4. The van der Waals surface area contributed by atoms with E-state index in [4.69, 9.17) is 28.9 Å². The summed E-state index contributed by atoms with van der Waals surface area (Å²) in [4.78, 5) is 52.0. The van der Waals surface area contributed by atoms with Gasteiger partial charge in [0.1, 0.15) is 10.4 Å². The summed E-state index contributed by atoms with van der Waals surface area (Å²) in [7, 11) is 0. The Labute approximate surface area is 191 Å².